The molecular weight excluding hydrogens is 244 g/mol. The zero-order valence-electron chi connectivity index (χ0n) is 11.7. The summed E-state index contributed by atoms with van der Waals surface area (Å²) < 4.78 is 5.00. The molecule has 1 N–H and O–H groups in total. The first-order valence-corrected chi connectivity index (χ1v) is 7.01. The number of aliphatic hydroxyl groups is 1. The Morgan fingerprint density at radius 1 is 1.32 bits per heavy atom. The van der Waals surface area contributed by atoms with Gasteiger partial charge in [0, 0.05) is 17.1 Å². The Morgan fingerprint density at radius 2 is 2.00 bits per heavy atom. The third-order valence-electron chi connectivity index (χ3n) is 5.67. The summed E-state index contributed by atoms with van der Waals surface area (Å²) in [5.74, 6) is -2.63. The summed E-state index contributed by atoms with van der Waals surface area (Å²) >= 11 is 0. The van der Waals surface area contributed by atoms with Crippen LogP contribution in [0, 0.1) is 17.3 Å². The van der Waals surface area contributed by atoms with Crippen LogP contribution in [0.4, 0.5) is 0 Å². The van der Waals surface area contributed by atoms with E-state index in [1.807, 2.05) is 0 Å². The number of rotatable bonds is 0. The van der Waals surface area contributed by atoms with Crippen molar-refractivity contribution in [2.24, 2.45) is 17.3 Å². The smallest absolute Gasteiger partial charge is 0.337 e. The van der Waals surface area contributed by atoms with E-state index in [0.717, 1.165) is 19.3 Å². The summed E-state index contributed by atoms with van der Waals surface area (Å²) in [6, 6.07) is 0. The van der Waals surface area contributed by atoms with Crippen molar-refractivity contribution in [2.75, 3.05) is 0 Å². The van der Waals surface area contributed by atoms with Gasteiger partial charge in [0.2, 0.25) is 5.78 Å². The fourth-order valence-corrected chi connectivity index (χ4v) is 4.08. The molecule has 4 nitrogen and oxygen atoms in total. The average Bonchev–Trinajstić information content (AvgIpc) is 2.56. The Hall–Kier alpha value is -1.16. The summed E-state index contributed by atoms with van der Waals surface area (Å²) in [6.07, 6.45) is 3.46. The monoisotopic (exact) mass is 264 g/mol. The first kappa shape index (κ1) is 12.9. The maximum absolute atomic E-state index is 12.6. The molecular formula is C15H20O4. The predicted octanol–water partition coefficient (Wildman–Crippen LogP) is 1.96. The van der Waals surface area contributed by atoms with Gasteiger partial charge in [-0.25, -0.2) is 4.79 Å². The number of carbonyl (C=O) groups excluding carboxylic acids is 2. The van der Waals surface area contributed by atoms with E-state index in [-0.39, 0.29) is 17.1 Å². The van der Waals surface area contributed by atoms with Gasteiger partial charge in [0.25, 0.3) is 5.79 Å². The average molecular weight is 264 g/mol. The molecule has 2 aliphatic carbocycles. The number of Topliss-reactive ketones (excluding diaryl/α,β-unsaturated/α-hetero) is 1. The topological polar surface area (TPSA) is 63.6 Å². The van der Waals surface area contributed by atoms with Crippen molar-refractivity contribution in [3.63, 3.8) is 0 Å². The van der Waals surface area contributed by atoms with Crippen molar-refractivity contribution in [2.45, 2.75) is 52.2 Å². The van der Waals surface area contributed by atoms with Gasteiger partial charge >= 0.3 is 5.97 Å². The molecule has 4 atom stereocenters. The van der Waals surface area contributed by atoms with E-state index >= 15 is 0 Å². The fraction of sp³-hybridized carbons (Fsp3) is 0.733. The van der Waals surface area contributed by atoms with E-state index in [9.17, 15) is 14.7 Å². The standard InChI is InChI=1S/C15H20O4/c1-8-5-4-6-10-12(16)15(18)11(7-14(8,10)3)9(2)13(17)19-15/h8,10,18H,4-7H2,1-3H3. The summed E-state index contributed by atoms with van der Waals surface area (Å²) in [7, 11) is 0. The molecule has 1 heterocycles. The molecule has 0 saturated heterocycles. The van der Waals surface area contributed by atoms with Crippen LogP contribution in [0.2, 0.25) is 0 Å². The van der Waals surface area contributed by atoms with Crippen LogP contribution in [0.25, 0.3) is 0 Å². The maximum atomic E-state index is 12.6. The summed E-state index contributed by atoms with van der Waals surface area (Å²) in [4.78, 5) is 24.3. The van der Waals surface area contributed by atoms with E-state index in [1.165, 1.54) is 0 Å². The molecule has 3 rings (SSSR count). The lowest BCUT2D eigenvalue weighted by atomic mass is 9.53. The number of fused-ring (bicyclic) bond motifs is 2. The quantitative estimate of drug-likeness (QED) is 0.679. The minimum atomic E-state index is -1.97. The van der Waals surface area contributed by atoms with Crippen molar-refractivity contribution >= 4 is 11.8 Å². The van der Waals surface area contributed by atoms with Gasteiger partial charge in [-0.3, -0.25) is 4.79 Å². The minimum absolute atomic E-state index is 0.161. The number of ether oxygens (including phenoxy) is 1. The molecule has 4 unspecified atom stereocenters. The van der Waals surface area contributed by atoms with Crippen LogP contribution < -0.4 is 0 Å². The van der Waals surface area contributed by atoms with E-state index in [1.54, 1.807) is 6.92 Å². The van der Waals surface area contributed by atoms with Gasteiger partial charge in [0.15, 0.2) is 0 Å². The minimum Gasteiger partial charge on any atom is -0.418 e. The van der Waals surface area contributed by atoms with Crippen LogP contribution in [0.5, 0.6) is 0 Å². The highest BCUT2D eigenvalue weighted by Crippen LogP contribution is 2.57. The van der Waals surface area contributed by atoms with Crippen LogP contribution in [0.3, 0.4) is 0 Å². The second-order valence-electron chi connectivity index (χ2n) is 6.57. The van der Waals surface area contributed by atoms with Crippen LogP contribution in [0.15, 0.2) is 11.1 Å². The first-order valence-electron chi connectivity index (χ1n) is 7.01. The second kappa shape index (κ2) is 3.69. The first-order chi connectivity index (χ1) is 8.80. The molecule has 0 aromatic carbocycles. The van der Waals surface area contributed by atoms with E-state index < -0.39 is 11.8 Å². The predicted molar refractivity (Wildman–Crippen MR) is 68.0 cm³/mol. The molecule has 2 saturated carbocycles. The molecule has 3 aliphatic rings. The Morgan fingerprint density at radius 3 is 2.68 bits per heavy atom. The van der Waals surface area contributed by atoms with E-state index in [4.69, 9.17) is 4.74 Å². The van der Waals surface area contributed by atoms with E-state index in [0.29, 0.717) is 23.5 Å². The van der Waals surface area contributed by atoms with Gasteiger partial charge in [-0.15, -0.1) is 0 Å². The van der Waals surface area contributed by atoms with E-state index in [2.05, 4.69) is 13.8 Å². The molecule has 104 valence electrons. The lowest BCUT2D eigenvalue weighted by Crippen LogP contribution is -2.57. The third kappa shape index (κ3) is 1.43. The largest absolute Gasteiger partial charge is 0.418 e. The Bertz CT molecular complexity index is 506. The highest BCUT2D eigenvalue weighted by molar-refractivity contribution is 6.03. The van der Waals surface area contributed by atoms with Crippen LogP contribution in [0.1, 0.15) is 46.5 Å². The lowest BCUT2D eigenvalue weighted by Gasteiger charge is -2.51. The van der Waals surface area contributed by atoms with Gasteiger partial charge in [-0.05, 0) is 31.1 Å². The molecule has 19 heavy (non-hydrogen) atoms. The number of hydrogen-bond donors (Lipinski definition) is 1. The molecule has 1 aliphatic heterocycles. The summed E-state index contributed by atoms with van der Waals surface area (Å²) in [5, 5.41) is 10.5. The highest BCUT2D eigenvalue weighted by atomic mass is 16.7. The molecule has 4 heteroatoms. The molecule has 0 aromatic rings. The van der Waals surface area contributed by atoms with Crippen LogP contribution >= 0.6 is 0 Å². The van der Waals surface area contributed by atoms with Crippen LogP contribution in [-0.2, 0) is 14.3 Å². The molecule has 0 spiro atoms. The number of hydrogen-bond acceptors (Lipinski definition) is 4. The summed E-state index contributed by atoms with van der Waals surface area (Å²) in [6.45, 7) is 5.92. The van der Waals surface area contributed by atoms with Gasteiger partial charge in [-0.1, -0.05) is 26.7 Å². The number of esters is 1. The Kier molecular flexibility index (Phi) is 2.50. The maximum Gasteiger partial charge on any atom is 0.337 e. The van der Waals surface area contributed by atoms with Crippen molar-refractivity contribution in [1.82, 2.24) is 0 Å². The number of carbonyl (C=O) groups is 2. The zero-order valence-corrected chi connectivity index (χ0v) is 11.7. The number of ketones is 1. The third-order valence-corrected chi connectivity index (χ3v) is 5.67. The molecule has 2 fully saturated rings. The Labute approximate surface area is 112 Å². The SMILES string of the molecule is CC1=C2CC3(C)C(C)CCCC3C(=O)C2(O)OC1=O. The van der Waals surface area contributed by atoms with Gasteiger partial charge in [-0.2, -0.15) is 0 Å². The fourth-order valence-electron chi connectivity index (χ4n) is 4.08. The molecule has 0 radical (unpaired) electrons. The molecule has 0 amide bonds. The van der Waals surface area contributed by atoms with Crippen molar-refractivity contribution < 1.29 is 19.4 Å². The Balaban J connectivity index is 2.12. The normalized spacial score (nSPS) is 45.9. The lowest BCUT2D eigenvalue weighted by molar-refractivity contribution is -0.203. The van der Waals surface area contributed by atoms with Crippen molar-refractivity contribution in [1.29, 1.82) is 0 Å². The zero-order chi connectivity index (χ0) is 14.0. The van der Waals surface area contributed by atoms with Crippen molar-refractivity contribution in [3.05, 3.63) is 11.1 Å². The molecule has 0 bridgehead atoms. The highest BCUT2D eigenvalue weighted by Gasteiger charge is 2.63. The summed E-state index contributed by atoms with van der Waals surface area (Å²) in [5.41, 5.74) is 0.745. The van der Waals surface area contributed by atoms with Gasteiger partial charge in [0.05, 0.1) is 0 Å². The second-order valence-corrected chi connectivity index (χ2v) is 6.57. The van der Waals surface area contributed by atoms with Gasteiger partial charge in [0.1, 0.15) is 0 Å². The molecule has 0 aromatic heterocycles. The van der Waals surface area contributed by atoms with Crippen molar-refractivity contribution in [3.8, 4) is 0 Å². The van der Waals surface area contributed by atoms with Gasteiger partial charge < -0.3 is 9.84 Å². The van der Waals surface area contributed by atoms with Crippen LogP contribution in [-0.4, -0.2) is 22.6 Å².